The second kappa shape index (κ2) is 5.96. The fourth-order valence-electron chi connectivity index (χ4n) is 1.77. The van der Waals surface area contributed by atoms with E-state index in [9.17, 15) is 0 Å². The maximum atomic E-state index is 4.14. The lowest BCUT2D eigenvalue weighted by molar-refractivity contribution is 0.868. The highest BCUT2D eigenvalue weighted by atomic mass is 32.1. The zero-order valence-corrected chi connectivity index (χ0v) is 11.9. The Labute approximate surface area is 112 Å². The molecule has 1 aromatic carbocycles. The number of hydrogen-bond acceptors (Lipinski definition) is 4. The van der Waals surface area contributed by atoms with Gasteiger partial charge in [-0.3, -0.25) is 0 Å². The zero-order valence-electron chi connectivity index (χ0n) is 11.1. The van der Waals surface area contributed by atoms with E-state index >= 15 is 0 Å². The summed E-state index contributed by atoms with van der Waals surface area (Å²) in [6, 6.07) is 8.99. The van der Waals surface area contributed by atoms with Gasteiger partial charge in [0, 0.05) is 0 Å². The van der Waals surface area contributed by atoms with Gasteiger partial charge in [0.25, 0.3) is 0 Å². The third kappa shape index (κ3) is 3.07. The van der Waals surface area contributed by atoms with Crippen LogP contribution in [0.5, 0.6) is 0 Å². The molecule has 3 nitrogen and oxygen atoms in total. The summed E-state index contributed by atoms with van der Waals surface area (Å²) in [4.78, 5) is 0. The molecule has 4 heteroatoms. The van der Waals surface area contributed by atoms with Gasteiger partial charge >= 0.3 is 0 Å². The quantitative estimate of drug-likeness (QED) is 0.888. The Morgan fingerprint density at radius 1 is 1.11 bits per heavy atom. The number of aromatic nitrogens is 2. The molecule has 0 fully saturated rings. The van der Waals surface area contributed by atoms with Crippen molar-refractivity contribution < 1.29 is 0 Å². The molecule has 0 radical (unpaired) electrons. The predicted molar refractivity (Wildman–Crippen MR) is 77.1 cm³/mol. The highest BCUT2D eigenvalue weighted by Crippen LogP contribution is 2.22. The van der Waals surface area contributed by atoms with E-state index in [-0.39, 0.29) is 6.04 Å². The molecular formula is C14H19N3S. The first-order valence-electron chi connectivity index (χ1n) is 6.40. The molecule has 1 atom stereocenters. The number of aryl methyl sites for hydroxylation is 2. The van der Waals surface area contributed by atoms with E-state index in [2.05, 4.69) is 60.6 Å². The summed E-state index contributed by atoms with van der Waals surface area (Å²) < 4.78 is 0. The van der Waals surface area contributed by atoms with Crippen LogP contribution in [0.1, 0.15) is 42.9 Å². The van der Waals surface area contributed by atoms with Gasteiger partial charge < -0.3 is 5.32 Å². The summed E-state index contributed by atoms with van der Waals surface area (Å²) in [5.74, 6) is 0. The first-order valence-corrected chi connectivity index (χ1v) is 7.22. The molecular weight excluding hydrogens is 242 g/mol. The van der Waals surface area contributed by atoms with E-state index in [4.69, 9.17) is 0 Å². The molecule has 1 heterocycles. The van der Waals surface area contributed by atoms with Gasteiger partial charge in [-0.15, -0.1) is 10.2 Å². The first kappa shape index (κ1) is 13.0. The summed E-state index contributed by atoms with van der Waals surface area (Å²) in [5.41, 5.74) is 2.65. The first-order chi connectivity index (χ1) is 8.72. The molecule has 0 spiro atoms. The topological polar surface area (TPSA) is 37.8 Å². The van der Waals surface area contributed by atoms with E-state index in [1.165, 1.54) is 11.1 Å². The number of anilines is 1. The van der Waals surface area contributed by atoms with E-state index in [1.54, 1.807) is 11.3 Å². The highest BCUT2D eigenvalue weighted by molar-refractivity contribution is 7.15. The normalized spacial score (nSPS) is 12.4. The number of nitrogens with one attached hydrogen (secondary N) is 1. The van der Waals surface area contributed by atoms with Crippen molar-refractivity contribution in [1.29, 1.82) is 0 Å². The molecule has 0 aliphatic rings. The largest absolute Gasteiger partial charge is 0.354 e. The maximum absolute atomic E-state index is 4.14. The van der Waals surface area contributed by atoms with E-state index in [0.29, 0.717) is 0 Å². The van der Waals surface area contributed by atoms with Crippen LogP contribution in [0.25, 0.3) is 0 Å². The van der Waals surface area contributed by atoms with Crippen LogP contribution in [0.3, 0.4) is 0 Å². The lowest BCUT2D eigenvalue weighted by atomic mass is 10.1. The van der Waals surface area contributed by atoms with Crippen molar-refractivity contribution in [3.63, 3.8) is 0 Å². The van der Waals surface area contributed by atoms with Crippen molar-refractivity contribution in [1.82, 2.24) is 10.2 Å². The Bertz CT molecular complexity index is 490. The maximum Gasteiger partial charge on any atom is 0.206 e. The van der Waals surface area contributed by atoms with Crippen LogP contribution >= 0.6 is 11.3 Å². The Kier molecular flexibility index (Phi) is 4.31. The summed E-state index contributed by atoms with van der Waals surface area (Å²) in [6.07, 6.45) is 2.03. The average Bonchev–Trinajstić information content (AvgIpc) is 2.86. The van der Waals surface area contributed by atoms with Gasteiger partial charge in [-0.05, 0) is 30.9 Å². The number of hydrogen-bond donors (Lipinski definition) is 1. The smallest absolute Gasteiger partial charge is 0.206 e. The van der Waals surface area contributed by atoms with Crippen molar-refractivity contribution in [3.05, 3.63) is 40.4 Å². The van der Waals surface area contributed by atoms with Gasteiger partial charge in [-0.2, -0.15) is 0 Å². The molecule has 96 valence electrons. The lowest BCUT2D eigenvalue weighted by Crippen LogP contribution is -2.06. The van der Waals surface area contributed by atoms with Crippen LogP contribution in [-0.4, -0.2) is 10.2 Å². The molecule has 1 N–H and O–H groups in total. The second-order valence-electron chi connectivity index (χ2n) is 4.32. The van der Waals surface area contributed by atoms with Gasteiger partial charge in [0.2, 0.25) is 5.13 Å². The van der Waals surface area contributed by atoms with E-state index < -0.39 is 0 Å². The van der Waals surface area contributed by atoms with Crippen LogP contribution in [0, 0.1) is 0 Å². The second-order valence-corrected chi connectivity index (χ2v) is 5.38. The fraction of sp³-hybridized carbons (Fsp3) is 0.429. The Hall–Kier alpha value is -1.42. The summed E-state index contributed by atoms with van der Waals surface area (Å²) in [5, 5.41) is 13.6. The van der Waals surface area contributed by atoms with E-state index in [1.807, 2.05) is 0 Å². The summed E-state index contributed by atoms with van der Waals surface area (Å²) >= 11 is 1.63. The average molecular weight is 261 g/mol. The molecule has 0 aliphatic heterocycles. The standard InChI is InChI=1S/C14H19N3S/c1-4-11-6-8-12(9-7-11)10(3)15-14-17-16-13(5-2)18-14/h6-10H,4-5H2,1-3H3,(H,15,17). The van der Waals surface area contributed by atoms with Crippen molar-refractivity contribution >= 4 is 16.5 Å². The highest BCUT2D eigenvalue weighted by Gasteiger charge is 2.08. The molecule has 0 saturated heterocycles. The van der Waals surface area contributed by atoms with Gasteiger partial charge in [-0.25, -0.2) is 0 Å². The molecule has 1 unspecified atom stereocenters. The van der Waals surface area contributed by atoms with Crippen molar-refractivity contribution in [2.75, 3.05) is 5.32 Å². The Morgan fingerprint density at radius 3 is 2.39 bits per heavy atom. The van der Waals surface area contributed by atoms with E-state index in [0.717, 1.165) is 23.0 Å². The van der Waals surface area contributed by atoms with Crippen LogP contribution in [-0.2, 0) is 12.8 Å². The molecule has 0 bridgehead atoms. The predicted octanol–water partition coefficient (Wildman–Crippen LogP) is 3.84. The number of rotatable bonds is 5. The lowest BCUT2D eigenvalue weighted by Gasteiger charge is -2.13. The van der Waals surface area contributed by atoms with Gasteiger partial charge in [0.15, 0.2) is 0 Å². The minimum atomic E-state index is 0.258. The Balaban J connectivity index is 2.03. The molecule has 0 amide bonds. The SMILES string of the molecule is CCc1ccc(C(C)Nc2nnc(CC)s2)cc1. The number of nitrogens with zero attached hydrogens (tertiary/aromatic N) is 2. The van der Waals surface area contributed by atoms with Crippen LogP contribution in [0.4, 0.5) is 5.13 Å². The molecule has 2 aromatic rings. The van der Waals surface area contributed by atoms with Crippen LogP contribution in [0.2, 0.25) is 0 Å². The molecule has 0 saturated carbocycles. The molecule has 2 rings (SSSR count). The summed E-state index contributed by atoms with van der Waals surface area (Å²) in [7, 11) is 0. The molecule has 0 aliphatic carbocycles. The molecule has 18 heavy (non-hydrogen) atoms. The zero-order chi connectivity index (χ0) is 13.0. The monoisotopic (exact) mass is 261 g/mol. The van der Waals surface area contributed by atoms with Crippen molar-refractivity contribution in [2.24, 2.45) is 0 Å². The van der Waals surface area contributed by atoms with Crippen LogP contribution < -0.4 is 5.32 Å². The summed E-state index contributed by atoms with van der Waals surface area (Å²) in [6.45, 7) is 6.41. The third-order valence-corrected chi connectivity index (χ3v) is 4.00. The minimum absolute atomic E-state index is 0.258. The van der Waals surface area contributed by atoms with Gasteiger partial charge in [0.1, 0.15) is 5.01 Å². The van der Waals surface area contributed by atoms with Crippen molar-refractivity contribution in [2.45, 2.75) is 39.7 Å². The minimum Gasteiger partial charge on any atom is -0.354 e. The van der Waals surface area contributed by atoms with Crippen molar-refractivity contribution in [3.8, 4) is 0 Å². The van der Waals surface area contributed by atoms with Gasteiger partial charge in [-0.1, -0.05) is 49.4 Å². The molecule has 1 aromatic heterocycles. The van der Waals surface area contributed by atoms with Gasteiger partial charge in [0.05, 0.1) is 6.04 Å². The fourth-order valence-corrected chi connectivity index (χ4v) is 2.53. The third-order valence-electron chi connectivity index (χ3n) is 3.00. The Morgan fingerprint density at radius 2 is 1.83 bits per heavy atom. The number of benzene rings is 1. The van der Waals surface area contributed by atoms with Crippen LogP contribution in [0.15, 0.2) is 24.3 Å².